The van der Waals surface area contributed by atoms with Crippen molar-refractivity contribution in [1.82, 2.24) is 0 Å². The molecule has 0 unspecified atom stereocenters. The lowest BCUT2D eigenvalue weighted by molar-refractivity contribution is 0.0877. The molecule has 0 atom stereocenters. The highest BCUT2D eigenvalue weighted by atomic mass is 28.4. The molecule has 2 nitrogen and oxygen atoms in total. The topological polar surface area (TPSA) is 18.5 Å². The second kappa shape index (κ2) is 6.17. The third-order valence-electron chi connectivity index (χ3n) is 2.57. The summed E-state index contributed by atoms with van der Waals surface area (Å²) in [5, 5.41) is 0.123. The normalized spacial score (nSPS) is 13.9. The van der Waals surface area contributed by atoms with Crippen LogP contribution < -0.4 is 0 Å². The minimum Gasteiger partial charge on any atom is -0.391 e. The van der Waals surface area contributed by atoms with E-state index < -0.39 is 8.56 Å². The predicted octanol–water partition coefficient (Wildman–Crippen LogP) is 4.49. The molecule has 0 aliphatic carbocycles. The van der Waals surface area contributed by atoms with Crippen molar-refractivity contribution in [3.63, 3.8) is 0 Å². The summed E-state index contributed by atoms with van der Waals surface area (Å²) in [6.45, 7) is 17.4. The second-order valence-corrected chi connectivity index (χ2v) is 10.1. The first kappa shape index (κ1) is 16.1. The minimum atomic E-state index is -2.12. The molecule has 0 amide bonds. The fourth-order valence-corrected chi connectivity index (χ4v) is 5.89. The van der Waals surface area contributed by atoms with Crippen LogP contribution in [0.1, 0.15) is 61.8 Å². The molecule has 0 radical (unpaired) electrons. The maximum Gasteiger partial charge on any atom is 0.344 e. The zero-order valence-corrected chi connectivity index (χ0v) is 13.4. The van der Waals surface area contributed by atoms with Gasteiger partial charge in [-0.15, -0.1) is 0 Å². The first-order valence-corrected chi connectivity index (χ1v) is 8.52. The fourth-order valence-electron chi connectivity index (χ4n) is 1.96. The summed E-state index contributed by atoms with van der Waals surface area (Å²) in [7, 11) is -2.12. The number of hydrogen-bond acceptors (Lipinski definition) is 2. The molecule has 0 aromatic carbocycles. The van der Waals surface area contributed by atoms with E-state index in [1.807, 2.05) is 0 Å². The maximum atomic E-state index is 6.27. The number of rotatable bonds is 6. The van der Waals surface area contributed by atoms with Crippen molar-refractivity contribution >= 4 is 8.56 Å². The quantitative estimate of drug-likeness (QED) is 0.643. The third kappa shape index (κ3) is 4.56. The molecular formula is C13H30O2Si. The molecule has 0 fully saturated rings. The highest BCUT2D eigenvalue weighted by Gasteiger charge is 2.49. The standard InChI is InChI=1S/C13H30O2Si/c1-9-10-16(13(6,7)8,14-11(2)3)15-12(4)5/h11-12H,9-10H2,1-8H3. The van der Waals surface area contributed by atoms with Gasteiger partial charge in [-0.2, -0.15) is 0 Å². The van der Waals surface area contributed by atoms with E-state index in [-0.39, 0.29) is 17.2 Å². The molecule has 0 bridgehead atoms. The molecular weight excluding hydrogens is 216 g/mol. The molecule has 98 valence electrons. The average molecular weight is 246 g/mol. The molecule has 0 aliphatic rings. The first-order valence-electron chi connectivity index (χ1n) is 6.50. The lowest BCUT2D eigenvalue weighted by atomic mass is 10.2. The molecule has 0 rings (SSSR count). The van der Waals surface area contributed by atoms with Gasteiger partial charge < -0.3 is 8.85 Å². The van der Waals surface area contributed by atoms with Gasteiger partial charge in [-0.3, -0.25) is 0 Å². The van der Waals surface area contributed by atoms with Crippen LogP contribution >= 0.6 is 0 Å². The summed E-state index contributed by atoms with van der Waals surface area (Å²) in [5.74, 6) is 0. The molecule has 0 saturated heterocycles. The van der Waals surface area contributed by atoms with Crippen LogP contribution in [0.4, 0.5) is 0 Å². The van der Waals surface area contributed by atoms with Gasteiger partial charge in [0.15, 0.2) is 0 Å². The van der Waals surface area contributed by atoms with E-state index in [2.05, 4.69) is 55.4 Å². The Hall–Kier alpha value is 0.137. The van der Waals surface area contributed by atoms with Crippen molar-refractivity contribution in [1.29, 1.82) is 0 Å². The molecule has 16 heavy (non-hydrogen) atoms. The zero-order chi connectivity index (χ0) is 13.0. The van der Waals surface area contributed by atoms with E-state index >= 15 is 0 Å². The zero-order valence-electron chi connectivity index (χ0n) is 12.4. The maximum absolute atomic E-state index is 6.27. The second-order valence-electron chi connectivity index (χ2n) is 6.09. The summed E-state index contributed by atoms with van der Waals surface area (Å²) in [6.07, 6.45) is 1.62. The van der Waals surface area contributed by atoms with Gasteiger partial charge in [0.2, 0.25) is 0 Å². The van der Waals surface area contributed by atoms with Crippen LogP contribution in [0.15, 0.2) is 0 Å². The van der Waals surface area contributed by atoms with Crippen LogP contribution in [0.5, 0.6) is 0 Å². The first-order chi connectivity index (χ1) is 7.14. The Kier molecular flexibility index (Phi) is 6.23. The molecule has 0 saturated carbocycles. The Balaban J connectivity index is 5.04. The van der Waals surface area contributed by atoms with Gasteiger partial charge in [-0.25, -0.2) is 0 Å². The lowest BCUT2D eigenvalue weighted by Crippen LogP contribution is -2.53. The third-order valence-corrected chi connectivity index (χ3v) is 7.72. The highest BCUT2D eigenvalue weighted by molar-refractivity contribution is 6.70. The fraction of sp³-hybridized carbons (Fsp3) is 1.00. The van der Waals surface area contributed by atoms with Crippen molar-refractivity contribution in [3.8, 4) is 0 Å². The Labute approximate surface area is 103 Å². The predicted molar refractivity (Wildman–Crippen MR) is 73.0 cm³/mol. The Bertz CT molecular complexity index is 185. The van der Waals surface area contributed by atoms with Crippen LogP contribution in [0, 0.1) is 0 Å². The van der Waals surface area contributed by atoms with E-state index in [0.717, 1.165) is 12.5 Å². The largest absolute Gasteiger partial charge is 0.391 e. The van der Waals surface area contributed by atoms with Gasteiger partial charge in [0.05, 0.1) is 0 Å². The molecule has 0 N–H and O–H groups in total. The van der Waals surface area contributed by atoms with E-state index in [1.54, 1.807) is 0 Å². The minimum absolute atomic E-state index is 0.123. The van der Waals surface area contributed by atoms with Crippen molar-refractivity contribution < 1.29 is 8.85 Å². The SMILES string of the molecule is CCC[Si](OC(C)C)(OC(C)C)C(C)(C)C. The Morgan fingerprint density at radius 1 is 0.938 bits per heavy atom. The molecule has 3 heteroatoms. The van der Waals surface area contributed by atoms with Crippen LogP contribution in [0.25, 0.3) is 0 Å². The van der Waals surface area contributed by atoms with Gasteiger partial charge in [-0.1, -0.05) is 34.1 Å². The summed E-state index contributed by atoms with van der Waals surface area (Å²) in [5.41, 5.74) is 0. The Morgan fingerprint density at radius 3 is 1.50 bits per heavy atom. The monoisotopic (exact) mass is 246 g/mol. The smallest absolute Gasteiger partial charge is 0.344 e. The highest BCUT2D eigenvalue weighted by Crippen LogP contribution is 2.42. The molecule has 0 heterocycles. The molecule has 0 aromatic rings. The van der Waals surface area contributed by atoms with Gasteiger partial charge >= 0.3 is 8.56 Å². The van der Waals surface area contributed by atoms with Gasteiger partial charge in [0, 0.05) is 17.2 Å². The summed E-state index contributed by atoms with van der Waals surface area (Å²) in [4.78, 5) is 0. The van der Waals surface area contributed by atoms with E-state index in [9.17, 15) is 0 Å². The van der Waals surface area contributed by atoms with Crippen molar-refractivity contribution in [2.24, 2.45) is 0 Å². The van der Waals surface area contributed by atoms with Crippen molar-refractivity contribution in [2.45, 2.75) is 85.1 Å². The summed E-state index contributed by atoms with van der Waals surface area (Å²) >= 11 is 0. The van der Waals surface area contributed by atoms with Crippen LogP contribution in [-0.2, 0) is 8.85 Å². The summed E-state index contributed by atoms with van der Waals surface area (Å²) < 4.78 is 12.5. The Morgan fingerprint density at radius 2 is 1.31 bits per heavy atom. The van der Waals surface area contributed by atoms with Gasteiger partial charge in [0.1, 0.15) is 0 Å². The van der Waals surface area contributed by atoms with Crippen LogP contribution in [-0.4, -0.2) is 20.8 Å². The number of hydrogen-bond donors (Lipinski definition) is 0. The lowest BCUT2D eigenvalue weighted by Gasteiger charge is -2.43. The van der Waals surface area contributed by atoms with E-state index in [1.165, 1.54) is 0 Å². The average Bonchev–Trinajstić information content (AvgIpc) is 1.99. The molecule has 0 aliphatic heterocycles. The van der Waals surface area contributed by atoms with E-state index in [0.29, 0.717) is 0 Å². The van der Waals surface area contributed by atoms with Crippen molar-refractivity contribution in [2.75, 3.05) is 0 Å². The van der Waals surface area contributed by atoms with Gasteiger partial charge in [-0.05, 0) is 33.7 Å². The molecule has 0 aromatic heterocycles. The van der Waals surface area contributed by atoms with E-state index in [4.69, 9.17) is 8.85 Å². The molecule has 0 spiro atoms. The summed E-state index contributed by atoms with van der Waals surface area (Å²) in [6, 6.07) is 1.08. The van der Waals surface area contributed by atoms with Crippen LogP contribution in [0.3, 0.4) is 0 Å². The van der Waals surface area contributed by atoms with Gasteiger partial charge in [0.25, 0.3) is 0 Å². The van der Waals surface area contributed by atoms with Crippen LogP contribution in [0.2, 0.25) is 11.1 Å². The van der Waals surface area contributed by atoms with Crippen molar-refractivity contribution in [3.05, 3.63) is 0 Å².